The van der Waals surface area contributed by atoms with Crippen LogP contribution in [0.25, 0.3) is 0 Å². The molecule has 0 bridgehead atoms. The van der Waals surface area contributed by atoms with Crippen LogP contribution in [0, 0.1) is 0 Å². The molecule has 184 valence electrons. The van der Waals surface area contributed by atoms with Crippen LogP contribution in [-0.4, -0.2) is 61.9 Å². The molecule has 2 aromatic rings. The number of morpholine rings is 1. The maximum Gasteiger partial charge on any atom is 0.418 e. The van der Waals surface area contributed by atoms with Crippen molar-refractivity contribution >= 4 is 17.4 Å². The van der Waals surface area contributed by atoms with E-state index in [-0.39, 0.29) is 11.4 Å². The van der Waals surface area contributed by atoms with Gasteiger partial charge < -0.3 is 35.2 Å². The van der Waals surface area contributed by atoms with Crippen LogP contribution in [0.5, 0.6) is 5.75 Å². The fourth-order valence-electron chi connectivity index (χ4n) is 4.37. The first-order valence-corrected chi connectivity index (χ1v) is 10.8. The number of anilines is 2. The summed E-state index contributed by atoms with van der Waals surface area (Å²) in [5.74, 6) is -0.299. The highest BCUT2D eigenvalue weighted by Crippen LogP contribution is 2.43. The van der Waals surface area contributed by atoms with Crippen LogP contribution in [0.2, 0.25) is 0 Å². The number of hydrogen-bond donors (Lipinski definition) is 4. The van der Waals surface area contributed by atoms with Crippen molar-refractivity contribution in [2.45, 2.75) is 30.8 Å². The minimum atomic E-state index is -4.93. The number of nitrogens with one attached hydrogen (secondary N) is 2. The zero-order valence-electron chi connectivity index (χ0n) is 18.4. The molecule has 0 unspecified atom stereocenters. The molecule has 1 fully saturated rings. The smallest absolute Gasteiger partial charge is 0.418 e. The largest absolute Gasteiger partial charge is 0.494 e. The van der Waals surface area contributed by atoms with Crippen molar-refractivity contribution in [1.29, 1.82) is 0 Å². The Hall–Kier alpha value is -3.02. The molecule has 2 aliphatic rings. The SMILES string of the molecule is COc1c(NC(=O)N[C@@H]2Cc3ccccc3[C@@H]2O)cc(N2CCOCC2)cc1[C@@H](O)C(F)(F)F. The normalized spacial score (nSPS) is 21.1. The van der Waals surface area contributed by atoms with Crippen molar-refractivity contribution in [3.05, 3.63) is 53.1 Å². The Balaban J connectivity index is 1.61. The van der Waals surface area contributed by atoms with Gasteiger partial charge >= 0.3 is 12.2 Å². The number of methoxy groups -OCH3 is 1. The Kier molecular flexibility index (Phi) is 6.87. The van der Waals surface area contributed by atoms with E-state index in [1.807, 2.05) is 12.1 Å². The Morgan fingerprint density at radius 2 is 1.94 bits per heavy atom. The first kappa shape index (κ1) is 24.1. The van der Waals surface area contributed by atoms with Gasteiger partial charge in [-0.1, -0.05) is 24.3 Å². The Morgan fingerprint density at radius 1 is 1.24 bits per heavy atom. The van der Waals surface area contributed by atoms with Gasteiger partial charge in [0.1, 0.15) is 5.75 Å². The average molecular weight is 481 g/mol. The van der Waals surface area contributed by atoms with Crippen LogP contribution in [0.1, 0.15) is 28.9 Å². The Morgan fingerprint density at radius 3 is 2.59 bits per heavy atom. The molecule has 0 spiro atoms. The molecule has 1 aliphatic heterocycles. The molecule has 34 heavy (non-hydrogen) atoms. The standard InChI is InChI=1S/C23H26F3N3O5/c1-33-20-16(21(31)23(24,25)26)11-14(29-6-8-34-9-7-29)12-18(20)28-22(32)27-17-10-13-4-2-3-5-15(13)19(17)30/h2-5,11-12,17,19,21,30-31H,6-10H2,1H3,(H2,27,28,32)/t17-,19+,21-/m1/s1. The van der Waals surface area contributed by atoms with Crippen LogP contribution >= 0.6 is 0 Å². The lowest BCUT2D eigenvalue weighted by Crippen LogP contribution is -2.40. The van der Waals surface area contributed by atoms with Crippen LogP contribution in [0.15, 0.2) is 36.4 Å². The molecule has 1 aliphatic carbocycles. The summed E-state index contributed by atoms with van der Waals surface area (Å²) in [6.45, 7) is 1.66. The molecule has 4 N–H and O–H groups in total. The first-order chi connectivity index (χ1) is 16.2. The molecule has 11 heteroatoms. The maximum atomic E-state index is 13.4. The summed E-state index contributed by atoms with van der Waals surface area (Å²) in [7, 11) is 1.16. The third-order valence-electron chi connectivity index (χ3n) is 6.05. The lowest BCUT2D eigenvalue weighted by atomic mass is 10.0. The lowest BCUT2D eigenvalue weighted by Gasteiger charge is -2.31. The molecule has 0 aromatic heterocycles. The number of fused-ring (bicyclic) bond motifs is 1. The summed E-state index contributed by atoms with van der Waals surface area (Å²) in [6.07, 6.45) is -8.24. The van der Waals surface area contributed by atoms with E-state index < -0.39 is 36.0 Å². The van der Waals surface area contributed by atoms with Gasteiger partial charge in [0.25, 0.3) is 0 Å². The van der Waals surface area contributed by atoms with Crippen LogP contribution < -0.4 is 20.3 Å². The number of benzene rings is 2. The van der Waals surface area contributed by atoms with Crippen LogP contribution in [0.4, 0.5) is 29.3 Å². The van der Waals surface area contributed by atoms with E-state index in [1.165, 1.54) is 12.1 Å². The zero-order valence-corrected chi connectivity index (χ0v) is 18.4. The molecule has 1 saturated heterocycles. The molecule has 0 radical (unpaired) electrons. The van der Waals surface area contributed by atoms with Gasteiger partial charge in [0.05, 0.1) is 38.2 Å². The third-order valence-corrected chi connectivity index (χ3v) is 6.05. The van der Waals surface area contributed by atoms with E-state index in [0.29, 0.717) is 38.4 Å². The number of urea groups is 1. The summed E-state index contributed by atoms with van der Waals surface area (Å²) in [6, 6.07) is 8.65. The average Bonchev–Trinajstić information content (AvgIpc) is 3.13. The highest BCUT2D eigenvalue weighted by atomic mass is 19.4. The second-order valence-corrected chi connectivity index (χ2v) is 8.21. The molecule has 0 saturated carbocycles. The molecule has 2 aromatic carbocycles. The Labute approximate surface area is 194 Å². The zero-order chi connectivity index (χ0) is 24.5. The van der Waals surface area contributed by atoms with E-state index in [4.69, 9.17) is 9.47 Å². The second-order valence-electron chi connectivity index (χ2n) is 8.21. The van der Waals surface area contributed by atoms with Crippen molar-refractivity contribution in [3.63, 3.8) is 0 Å². The minimum Gasteiger partial charge on any atom is -0.494 e. The van der Waals surface area contributed by atoms with Crippen molar-refractivity contribution < 1.29 is 37.7 Å². The predicted octanol–water partition coefficient (Wildman–Crippen LogP) is 2.91. The van der Waals surface area contributed by atoms with E-state index in [9.17, 15) is 28.2 Å². The van der Waals surface area contributed by atoms with Crippen LogP contribution in [0.3, 0.4) is 0 Å². The Bertz CT molecular complexity index is 1040. The quantitative estimate of drug-likeness (QED) is 0.524. The molecule has 2 amide bonds. The van der Waals surface area contributed by atoms with E-state index >= 15 is 0 Å². The number of aliphatic hydroxyl groups is 2. The molecule has 8 nitrogen and oxygen atoms in total. The van der Waals surface area contributed by atoms with Gasteiger partial charge in [0, 0.05) is 24.3 Å². The third kappa shape index (κ3) is 4.91. The number of carbonyl (C=O) groups is 1. The number of rotatable bonds is 5. The van der Waals surface area contributed by atoms with Crippen LogP contribution in [-0.2, 0) is 11.2 Å². The number of hydrogen-bond acceptors (Lipinski definition) is 6. The minimum absolute atomic E-state index is 0.0349. The summed E-state index contributed by atoms with van der Waals surface area (Å²) < 4.78 is 50.7. The van der Waals surface area contributed by atoms with E-state index in [0.717, 1.165) is 18.2 Å². The van der Waals surface area contributed by atoms with Crippen molar-refractivity contribution in [2.24, 2.45) is 0 Å². The first-order valence-electron chi connectivity index (χ1n) is 10.8. The van der Waals surface area contributed by atoms with Crippen molar-refractivity contribution in [3.8, 4) is 5.75 Å². The second kappa shape index (κ2) is 9.69. The number of amides is 2. The number of carbonyl (C=O) groups excluding carboxylic acids is 1. The molecular weight excluding hydrogens is 455 g/mol. The van der Waals surface area contributed by atoms with Gasteiger partial charge in [-0.25, -0.2) is 4.79 Å². The molecular formula is C23H26F3N3O5. The van der Waals surface area contributed by atoms with E-state index in [1.54, 1.807) is 17.0 Å². The number of halogens is 3. The topological polar surface area (TPSA) is 103 Å². The number of ether oxygens (including phenoxy) is 2. The summed E-state index contributed by atoms with van der Waals surface area (Å²) in [5.41, 5.74) is 1.46. The van der Waals surface area contributed by atoms with Gasteiger partial charge in [-0.2, -0.15) is 13.2 Å². The van der Waals surface area contributed by atoms with Gasteiger partial charge in [-0.3, -0.25) is 0 Å². The van der Waals surface area contributed by atoms with Gasteiger partial charge in [-0.15, -0.1) is 0 Å². The highest BCUT2D eigenvalue weighted by molar-refractivity contribution is 5.92. The maximum absolute atomic E-state index is 13.4. The van der Waals surface area contributed by atoms with Crippen molar-refractivity contribution in [1.82, 2.24) is 5.32 Å². The summed E-state index contributed by atoms with van der Waals surface area (Å²) >= 11 is 0. The molecule has 1 heterocycles. The van der Waals surface area contributed by atoms with Gasteiger partial charge in [0.15, 0.2) is 6.10 Å². The number of alkyl halides is 3. The van der Waals surface area contributed by atoms with Gasteiger partial charge in [-0.05, 0) is 29.7 Å². The van der Waals surface area contributed by atoms with Gasteiger partial charge in [0.2, 0.25) is 0 Å². The highest BCUT2D eigenvalue weighted by Gasteiger charge is 2.42. The van der Waals surface area contributed by atoms with E-state index in [2.05, 4.69) is 10.6 Å². The number of aliphatic hydroxyl groups excluding tert-OH is 2. The molecule has 3 atom stereocenters. The fourth-order valence-corrected chi connectivity index (χ4v) is 4.37. The summed E-state index contributed by atoms with van der Waals surface area (Å²) in [4.78, 5) is 14.6. The number of nitrogens with zero attached hydrogens (tertiary/aromatic N) is 1. The molecule has 4 rings (SSSR count). The summed E-state index contributed by atoms with van der Waals surface area (Å²) in [5, 5.41) is 25.8. The monoisotopic (exact) mass is 481 g/mol. The van der Waals surface area contributed by atoms with Crippen molar-refractivity contribution in [2.75, 3.05) is 43.6 Å². The lowest BCUT2D eigenvalue weighted by molar-refractivity contribution is -0.207. The predicted molar refractivity (Wildman–Crippen MR) is 118 cm³/mol. The fraction of sp³-hybridized carbons (Fsp3) is 0.435.